The van der Waals surface area contributed by atoms with Crippen molar-refractivity contribution in [1.29, 1.82) is 0 Å². The van der Waals surface area contributed by atoms with Crippen LogP contribution in [0.2, 0.25) is 5.15 Å². The fourth-order valence-electron chi connectivity index (χ4n) is 0.941. The highest BCUT2D eigenvalue weighted by Gasteiger charge is 2.07. The molecule has 0 spiro atoms. The summed E-state index contributed by atoms with van der Waals surface area (Å²) in [6, 6.07) is 0. The minimum Gasteiger partial charge on any atom is -0.383 e. The average Bonchev–Trinajstić information content (AvgIpc) is 2.03. The zero-order valence-electron chi connectivity index (χ0n) is 7.27. The van der Waals surface area contributed by atoms with E-state index in [2.05, 4.69) is 20.6 Å². The molecule has 0 saturated heterocycles. The lowest BCUT2D eigenvalue weighted by Gasteiger charge is -2.08. The van der Waals surface area contributed by atoms with Crippen LogP contribution in [0.25, 0.3) is 0 Å². The van der Waals surface area contributed by atoms with Crippen molar-refractivity contribution in [3.05, 3.63) is 11.0 Å². The van der Waals surface area contributed by atoms with E-state index in [0.717, 1.165) is 11.5 Å². The van der Waals surface area contributed by atoms with Crippen molar-refractivity contribution in [2.75, 3.05) is 24.7 Å². The van der Waals surface area contributed by atoms with E-state index in [9.17, 15) is 0 Å². The zero-order valence-corrected chi connectivity index (χ0v) is 8.03. The highest BCUT2D eigenvalue weighted by Crippen LogP contribution is 2.25. The first-order valence-electron chi connectivity index (χ1n) is 3.58. The summed E-state index contributed by atoms with van der Waals surface area (Å²) in [5.41, 5.74) is 0.727. The third-order valence-corrected chi connectivity index (χ3v) is 1.74. The molecule has 0 unspecified atom stereocenters. The monoisotopic (exact) mass is 186 g/mol. The van der Waals surface area contributed by atoms with Gasteiger partial charge in [0.1, 0.15) is 11.5 Å². The van der Waals surface area contributed by atoms with Gasteiger partial charge in [0.15, 0.2) is 11.0 Å². The average molecular weight is 187 g/mol. The Labute approximate surface area is 76.4 Å². The van der Waals surface area contributed by atoms with Gasteiger partial charge in [0.2, 0.25) is 0 Å². The van der Waals surface area contributed by atoms with Crippen molar-refractivity contribution >= 4 is 23.1 Å². The molecule has 5 heteroatoms. The summed E-state index contributed by atoms with van der Waals surface area (Å²) in [5.74, 6) is 1.37. The smallest absolute Gasteiger partial charge is 0.158 e. The fraction of sp³-hybridized carbons (Fsp3) is 0.429. The van der Waals surface area contributed by atoms with Gasteiger partial charge in [-0.2, -0.15) is 0 Å². The van der Waals surface area contributed by atoms with Crippen molar-refractivity contribution in [2.24, 2.45) is 0 Å². The molecule has 1 aromatic heterocycles. The van der Waals surface area contributed by atoms with Crippen LogP contribution in [-0.4, -0.2) is 24.1 Å². The summed E-state index contributed by atoms with van der Waals surface area (Å²) < 4.78 is 0. The lowest BCUT2D eigenvalue weighted by atomic mass is 10.4. The highest BCUT2D eigenvalue weighted by molar-refractivity contribution is 6.32. The number of nitrogens with one attached hydrogen (secondary N) is 2. The van der Waals surface area contributed by atoms with Gasteiger partial charge in [-0.15, -0.1) is 0 Å². The molecule has 0 aliphatic heterocycles. The van der Waals surface area contributed by atoms with E-state index >= 15 is 0 Å². The molecule has 0 atom stereocenters. The fourth-order valence-corrected chi connectivity index (χ4v) is 1.25. The van der Waals surface area contributed by atoms with Crippen LogP contribution in [0.4, 0.5) is 11.5 Å². The van der Waals surface area contributed by atoms with Crippen molar-refractivity contribution in [3.63, 3.8) is 0 Å². The molecule has 0 bridgehead atoms. The normalized spacial score (nSPS) is 9.67. The van der Waals surface area contributed by atoms with Gasteiger partial charge < -0.3 is 10.6 Å². The number of aromatic nitrogens is 2. The summed E-state index contributed by atoms with van der Waals surface area (Å²) in [6.07, 6.45) is 0. The Bertz CT molecular complexity index is 287. The van der Waals surface area contributed by atoms with Gasteiger partial charge in [0.25, 0.3) is 0 Å². The molecular formula is C7H11ClN4. The standard InChI is InChI=1S/C7H11ClN4/c1-4-11-6(8)5(9-2)7(10-3)12-4/h9H,1-3H3,(H,10,11,12). The molecule has 0 fully saturated rings. The topological polar surface area (TPSA) is 49.8 Å². The van der Waals surface area contributed by atoms with Crippen molar-refractivity contribution in [3.8, 4) is 0 Å². The van der Waals surface area contributed by atoms with Gasteiger partial charge in [-0.3, -0.25) is 0 Å². The third-order valence-electron chi connectivity index (χ3n) is 1.46. The number of hydrogen-bond acceptors (Lipinski definition) is 4. The Hall–Kier alpha value is -1.03. The molecule has 1 aromatic rings. The maximum absolute atomic E-state index is 5.86. The van der Waals surface area contributed by atoms with E-state index in [-0.39, 0.29) is 0 Å². The van der Waals surface area contributed by atoms with E-state index in [4.69, 9.17) is 11.6 Å². The Morgan fingerprint density at radius 1 is 1.17 bits per heavy atom. The Morgan fingerprint density at radius 2 is 1.83 bits per heavy atom. The molecule has 0 aliphatic carbocycles. The quantitative estimate of drug-likeness (QED) is 0.688. The molecule has 0 radical (unpaired) electrons. The Balaban J connectivity index is 3.24. The van der Waals surface area contributed by atoms with Crippen molar-refractivity contribution in [2.45, 2.75) is 6.92 Å². The van der Waals surface area contributed by atoms with E-state index in [1.807, 2.05) is 0 Å². The maximum Gasteiger partial charge on any atom is 0.158 e. The van der Waals surface area contributed by atoms with Crippen LogP contribution in [0.1, 0.15) is 5.82 Å². The second-order valence-corrected chi connectivity index (χ2v) is 2.64. The van der Waals surface area contributed by atoms with E-state index in [1.54, 1.807) is 21.0 Å². The molecule has 0 saturated carbocycles. The predicted octanol–water partition coefficient (Wildman–Crippen LogP) is 1.52. The number of hydrogen-bond donors (Lipinski definition) is 2. The number of rotatable bonds is 2. The minimum absolute atomic E-state index is 0.439. The summed E-state index contributed by atoms with van der Waals surface area (Å²) in [7, 11) is 3.57. The van der Waals surface area contributed by atoms with Gasteiger partial charge in [0.05, 0.1) is 0 Å². The molecule has 66 valence electrons. The highest BCUT2D eigenvalue weighted by atomic mass is 35.5. The number of aryl methyl sites for hydroxylation is 1. The van der Waals surface area contributed by atoms with Crippen LogP contribution in [-0.2, 0) is 0 Å². The first kappa shape index (κ1) is 9.06. The molecule has 12 heavy (non-hydrogen) atoms. The molecular weight excluding hydrogens is 176 g/mol. The second-order valence-electron chi connectivity index (χ2n) is 2.29. The second kappa shape index (κ2) is 3.58. The van der Waals surface area contributed by atoms with Crippen LogP contribution in [0.15, 0.2) is 0 Å². The van der Waals surface area contributed by atoms with Crippen molar-refractivity contribution in [1.82, 2.24) is 9.97 Å². The number of anilines is 2. The predicted molar refractivity (Wildman–Crippen MR) is 50.9 cm³/mol. The molecule has 0 aliphatic rings. The molecule has 2 N–H and O–H groups in total. The van der Waals surface area contributed by atoms with Crippen LogP contribution in [0.5, 0.6) is 0 Å². The van der Waals surface area contributed by atoms with Crippen LogP contribution < -0.4 is 10.6 Å². The summed E-state index contributed by atoms with van der Waals surface area (Å²) in [6.45, 7) is 1.80. The molecule has 0 aromatic carbocycles. The van der Waals surface area contributed by atoms with Crippen LogP contribution >= 0.6 is 11.6 Å². The summed E-state index contributed by atoms with van der Waals surface area (Å²) in [4.78, 5) is 8.16. The SMILES string of the molecule is CNc1nc(C)nc(Cl)c1NC. The van der Waals surface area contributed by atoms with Crippen LogP contribution in [0.3, 0.4) is 0 Å². The minimum atomic E-state index is 0.439. The zero-order chi connectivity index (χ0) is 9.14. The van der Waals surface area contributed by atoms with Crippen LogP contribution in [0, 0.1) is 6.92 Å². The maximum atomic E-state index is 5.86. The third kappa shape index (κ3) is 1.58. The van der Waals surface area contributed by atoms with E-state index in [1.165, 1.54) is 0 Å². The van der Waals surface area contributed by atoms with Crippen molar-refractivity contribution < 1.29 is 0 Å². The first-order chi connectivity index (χ1) is 5.69. The van der Waals surface area contributed by atoms with Gasteiger partial charge in [-0.05, 0) is 6.92 Å². The lowest BCUT2D eigenvalue weighted by Crippen LogP contribution is -2.03. The number of halogens is 1. The lowest BCUT2D eigenvalue weighted by molar-refractivity contribution is 1.05. The van der Waals surface area contributed by atoms with Gasteiger partial charge in [0, 0.05) is 14.1 Å². The first-order valence-corrected chi connectivity index (χ1v) is 3.96. The number of nitrogens with zero attached hydrogens (tertiary/aromatic N) is 2. The summed E-state index contributed by atoms with van der Waals surface area (Å²) >= 11 is 5.86. The van der Waals surface area contributed by atoms with Gasteiger partial charge in [-0.1, -0.05) is 11.6 Å². The molecule has 0 amide bonds. The van der Waals surface area contributed by atoms with Gasteiger partial charge >= 0.3 is 0 Å². The molecule has 4 nitrogen and oxygen atoms in total. The Kier molecular flexibility index (Phi) is 2.70. The summed E-state index contributed by atoms with van der Waals surface area (Å²) in [5, 5.41) is 6.29. The molecule has 1 rings (SSSR count). The van der Waals surface area contributed by atoms with Gasteiger partial charge in [-0.25, -0.2) is 9.97 Å². The molecule has 1 heterocycles. The van der Waals surface area contributed by atoms with E-state index < -0.39 is 0 Å². The largest absolute Gasteiger partial charge is 0.383 e. The van der Waals surface area contributed by atoms with E-state index in [0.29, 0.717) is 11.0 Å². The Morgan fingerprint density at radius 3 is 2.33 bits per heavy atom.